The van der Waals surface area contributed by atoms with Crippen LogP contribution in [0.15, 0.2) is 24.4 Å². The van der Waals surface area contributed by atoms with Crippen LogP contribution in [0.3, 0.4) is 0 Å². The van der Waals surface area contributed by atoms with Gasteiger partial charge in [-0.1, -0.05) is 0 Å². The van der Waals surface area contributed by atoms with Crippen molar-refractivity contribution in [1.29, 1.82) is 0 Å². The van der Waals surface area contributed by atoms with Crippen molar-refractivity contribution < 1.29 is 14.3 Å². The molecular weight excluding hydrogens is 274 g/mol. The first-order valence-electron chi connectivity index (χ1n) is 6.15. The number of pyridine rings is 1. The lowest BCUT2D eigenvalue weighted by Gasteiger charge is -2.06. The summed E-state index contributed by atoms with van der Waals surface area (Å²) in [5.41, 5.74) is 7.28. The van der Waals surface area contributed by atoms with E-state index < -0.39 is 6.09 Å². The van der Waals surface area contributed by atoms with Gasteiger partial charge in [0.05, 0.1) is 25.0 Å². The Bertz CT molecular complexity index is 680. The normalized spacial score (nSPS) is 10.2. The molecule has 0 aliphatic rings. The number of hydrogen-bond donors (Lipinski definition) is 2. The predicted molar refractivity (Wildman–Crippen MR) is 74.6 cm³/mol. The number of nitrogens with two attached hydrogens (primary N) is 1. The monoisotopic (exact) mass is 289 g/mol. The maximum atomic E-state index is 12.3. The second-order valence-corrected chi connectivity index (χ2v) is 4.31. The number of carbonyl (C=O) groups is 2. The predicted octanol–water partition coefficient (Wildman–Crippen LogP) is 0.713. The zero-order valence-corrected chi connectivity index (χ0v) is 11.7. The molecule has 0 saturated carbocycles. The minimum absolute atomic E-state index is 0.154. The lowest BCUT2D eigenvalue weighted by Crippen LogP contribution is -2.23. The first-order valence-corrected chi connectivity index (χ1v) is 6.15. The summed E-state index contributed by atoms with van der Waals surface area (Å²) in [5, 5.41) is 6.52. The van der Waals surface area contributed by atoms with Crippen LogP contribution < -0.4 is 11.1 Å². The molecule has 1 amide bonds. The minimum Gasteiger partial charge on any atom is -0.453 e. The second kappa shape index (κ2) is 6.04. The molecule has 0 aromatic carbocycles. The Morgan fingerprint density at radius 3 is 2.81 bits per heavy atom. The lowest BCUT2D eigenvalue weighted by molar-refractivity contribution is 0.0947. The highest BCUT2D eigenvalue weighted by Gasteiger charge is 2.14. The molecule has 2 aromatic heterocycles. The highest BCUT2D eigenvalue weighted by atomic mass is 16.5. The number of aromatic nitrogens is 3. The van der Waals surface area contributed by atoms with E-state index in [0.29, 0.717) is 17.0 Å². The van der Waals surface area contributed by atoms with Gasteiger partial charge in [-0.25, -0.2) is 4.79 Å². The molecule has 0 fully saturated rings. The van der Waals surface area contributed by atoms with Crippen molar-refractivity contribution in [3.05, 3.63) is 41.3 Å². The van der Waals surface area contributed by atoms with Crippen molar-refractivity contribution in [2.45, 2.75) is 13.5 Å². The van der Waals surface area contributed by atoms with E-state index in [1.807, 2.05) is 0 Å². The molecule has 8 heteroatoms. The number of anilines is 1. The van der Waals surface area contributed by atoms with Gasteiger partial charge in [0.1, 0.15) is 5.82 Å². The topological polar surface area (TPSA) is 112 Å². The van der Waals surface area contributed by atoms with Crippen molar-refractivity contribution in [1.82, 2.24) is 20.1 Å². The first-order chi connectivity index (χ1) is 10.0. The van der Waals surface area contributed by atoms with Crippen LogP contribution in [0.1, 0.15) is 21.7 Å². The number of hydrogen-bond acceptors (Lipinski definition) is 6. The second-order valence-electron chi connectivity index (χ2n) is 4.31. The molecule has 3 N–H and O–H groups in total. The molecule has 0 saturated heterocycles. The number of alkyl carbamates (subject to hydrolysis) is 1. The van der Waals surface area contributed by atoms with Gasteiger partial charge in [0.15, 0.2) is 0 Å². The molecular formula is C13H15N5O3. The van der Waals surface area contributed by atoms with Gasteiger partial charge in [0.2, 0.25) is 0 Å². The van der Waals surface area contributed by atoms with Crippen LogP contribution >= 0.6 is 0 Å². The molecule has 2 rings (SSSR count). The van der Waals surface area contributed by atoms with Gasteiger partial charge >= 0.3 is 6.09 Å². The Labute approximate surface area is 120 Å². The summed E-state index contributed by atoms with van der Waals surface area (Å²) in [5.74, 6) is -0.0918. The molecule has 0 radical (unpaired) electrons. The summed E-state index contributed by atoms with van der Waals surface area (Å²) in [6.45, 7) is 1.90. The number of nitrogen functional groups attached to an aromatic ring is 1. The average Bonchev–Trinajstić information content (AvgIpc) is 2.83. The largest absolute Gasteiger partial charge is 0.453 e. The van der Waals surface area contributed by atoms with Gasteiger partial charge in [-0.05, 0) is 19.1 Å². The fourth-order valence-corrected chi connectivity index (χ4v) is 1.75. The maximum Gasteiger partial charge on any atom is 0.407 e. The summed E-state index contributed by atoms with van der Waals surface area (Å²) in [4.78, 5) is 27.4. The molecule has 0 bridgehead atoms. The summed E-state index contributed by atoms with van der Waals surface area (Å²) >= 11 is 0. The Kier molecular flexibility index (Phi) is 4.17. The Balaban J connectivity index is 2.19. The lowest BCUT2D eigenvalue weighted by atomic mass is 10.2. The standard InChI is InChI=1S/C13H15N5O3/c1-8-5-11(14)18(17-8)12(19)9-3-4-15-10(6-9)7-16-13(20)21-2/h3-6H,7,14H2,1-2H3,(H,16,20). The summed E-state index contributed by atoms with van der Waals surface area (Å²) < 4.78 is 5.59. The van der Waals surface area contributed by atoms with Crippen LogP contribution in [0.4, 0.5) is 10.6 Å². The van der Waals surface area contributed by atoms with E-state index in [4.69, 9.17) is 5.73 Å². The molecule has 21 heavy (non-hydrogen) atoms. The molecule has 8 nitrogen and oxygen atoms in total. The molecule has 0 aliphatic heterocycles. The van der Waals surface area contributed by atoms with Crippen molar-refractivity contribution in [3.8, 4) is 0 Å². The molecule has 0 aliphatic carbocycles. The third-order valence-electron chi connectivity index (χ3n) is 2.71. The number of methoxy groups -OCH3 is 1. The number of nitrogens with one attached hydrogen (secondary N) is 1. The van der Waals surface area contributed by atoms with Gasteiger partial charge in [-0.3, -0.25) is 9.78 Å². The van der Waals surface area contributed by atoms with Crippen molar-refractivity contribution in [3.63, 3.8) is 0 Å². The summed E-state index contributed by atoms with van der Waals surface area (Å²) in [6.07, 6.45) is 0.911. The van der Waals surface area contributed by atoms with E-state index in [9.17, 15) is 9.59 Å². The molecule has 0 spiro atoms. The number of rotatable bonds is 3. The van der Waals surface area contributed by atoms with E-state index in [-0.39, 0.29) is 18.3 Å². The summed E-state index contributed by atoms with van der Waals surface area (Å²) in [6, 6.07) is 4.73. The fraction of sp³-hybridized carbons (Fsp3) is 0.231. The zero-order chi connectivity index (χ0) is 15.4. The van der Waals surface area contributed by atoms with E-state index in [1.54, 1.807) is 25.1 Å². The van der Waals surface area contributed by atoms with E-state index in [2.05, 4.69) is 20.1 Å². The van der Waals surface area contributed by atoms with Crippen molar-refractivity contribution in [2.75, 3.05) is 12.8 Å². The Morgan fingerprint density at radius 2 is 2.19 bits per heavy atom. The number of carbonyl (C=O) groups excluding carboxylic acids is 2. The van der Waals surface area contributed by atoms with Crippen LogP contribution in [-0.2, 0) is 11.3 Å². The first kappa shape index (κ1) is 14.5. The van der Waals surface area contributed by atoms with Crippen LogP contribution in [0.5, 0.6) is 0 Å². The van der Waals surface area contributed by atoms with E-state index in [1.165, 1.54) is 13.3 Å². The molecule has 2 aromatic rings. The van der Waals surface area contributed by atoms with Crippen LogP contribution in [0.25, 0.3) is 0 Å². The number of ether oxygens (including phenoxy) is 1. The average molecular weight is 289 g/mol. The number of amides is 1. The van der Waals surface area contributed by atoms with Crippen molar-refractivity contribution >= 4 is 17.8 Å². The molecule has 2 heterocycles. The SMILES string of the molecule is COC(=O)NCc1cc(C(=O)n2nc(C)cc2N)ccn1. The summed E-state index contributed by atoms with van der Waals surface area (Å²) in [7, 11) is 1.27. The number of aryl methyl sites for hydroxylation is 1. The van der Waals surface area contributed by atoms with Gasteiger partial charge in [-0.2, -0.15) is 9.78 Å². The molecule has 110 valence electrons. The fourth-order valence-electron chi connectivity index (χ4n) is 1.75. The quantitative estimate of drug-likeness (QED) is 0.860. The van der Waals surface area contributed by atoms with Gasteiger partial charge < -0.3 is 15.8 Å². The van der Waals surface area contributed by atoms with Crippen LogP contribution in [0.2, 0.25) is 0 Å². The zero-order valence-electron chi connectivity index (χ0n) is 11.7. The van der Waals surface area contributed by atoms with E-state index in [0.717, 1.165) is 4.68 Å². The van der Waals surface area contributed by atoms with Crippen molar-refractivity contribution in [2.24, 2.45) is 0 Å². The highest BCUT2D eigenvalue weighted by Crippen LogP contribution is 2.10. The minimum atomic E-state index is -0.569. The molecule has 0 atom stereocenters. The Morgan fingerprint density at radius 1 is 1.43 bits per heavy atom. The highest BCUT2D eigenvalue weighted by molar-refractivity contribution is 5.97. The maximum absolute atomic E-state index is 12.3. The van der Waals surface area contributed by atoms with Crippen LogP contribution in [-0.4, -0.2) is 33.9 Å². The third kappa shape index (κ3) is 3.35. The van der Waals surface area contributed by atoms with Crippen LogP contribution in [0, 0.1) is 6.92 Å². The van der Waals surface area contributed by atoms with Gasteiger partial charge in [-0.15, -0.1) is 0 Å². The van der Waals surface area contributed by atoms with Gasteiger partial charge in [0.25, 0.3) is 5.91 Å². The Hall–Kier alpha value is -2.90. The molecule has 0 unspecified atom stereocenters. The van der Waals surface area contributed by atoms with E-state index >= 15 is 0 Å². The third-order valence-corrected chi connectivity index (χ3v) is 2.71. The number of nitrogens with zero attached hydrogens (tertiary/aromatic N) is 3. The van der Waals surface area contributed by atoms with Gasteiger partial charge in [0, 0.05) is 17.8 Å². The smallest absolute Gasteiger partial charge is 0.407 e.